The van der Waals surface area contributed by atoms with Crippen molar-refractivity contribution in [3.8, 4) is 0 Å². The molecule has 10 N–H and O–H groups in total. The Balaban J connectivity index is -0.000000308. The fraction of sp³-hybridized carbons (Fsp3) is 0.667. The molecule has 1 saturated heterocycles. The predicted molar refractivity (Wildman–Crippen MR) is 77.2 cm³/mol. The van der Waals surface area contributed by atoms with Crippen LogP contribution in [0.5, 0.6) is 0 Å². The zero-order valence-corrected chi connectivity index (χ0v) is 13.5. The molecule has 1 fully saturated rings. The van der Waals surface area contributed by atoms with Crippen LogP contribution >= 0.6 is 0 Å². The van der Waals surface area contributed by atoms with Gasteiger partial charge in [-0.1, -0.05) is 12.2 Å². The van der Waals surface area contributed by atoms with Crippen molar-refractivity contribution >= 4 is 11.9 Å². The number of carboxylic acid groups (broad SMARTS) is 2. The van der Waals surface area contributed by atoms with Gasteiger partial charge in [0.25, 0.3) is 0 Å². The minimum absolute atomic E-state index is 0. The molecule has 0 aliphatic carbocycles. The van der Waals surface area contributed by atoms with Gasteiger partial charge in [-0.25, -0.2) is 0 Å². The smallest absolute Gasteiger partial charge is 0.323 e. The molecule has 0 amide bonds. The predicted octanol–water partition coefficient (Wildman–Crippen LogP) is -1.44. The number of carbonyl (C=O) groups is 2. The van der Waals surface area contributed by atoms with Gasteiger partial charge in [0.1, 0.15) is 12.1 Å². The second-order valence-corrected chi connectivity index (χ2v) is 4.70. The zero-order valence-electron chi connectivity index (χ0n) is 12.5. The number of rotatable bonds is 2. The van der Waals surface area contributed by atoms with Gasteiger partial charge in [0, 0.05) is 29.6 Å². The average molecular weight is 385 g/mol. The Morgan fingerprint density at radius 2 is 1.48 bits per heavy atom. The standard InChI is InChI=1S/C6H11NO3.C6H9NO3.Ni.2H2O/c2*8-6(9)5-3-1-2-4-7(5)10;;;/h5,10H,1-4H2,(H,8,9);1-2,5,10H,3-4H2,(H,8,9);;2*1H2/p+2. The van der Waals surface area contributed by atoms with Crippen LogP contribution in [0.2, 0.25) is 0 Å². The van der Waals surface area contributed by atoms with Crippen molar-refractivity contribution in [1.82, 2.24) is 10.1 Å². The van der Waals surface area contributed by atoms with Crippen LogP contribution < -0.4 is 0 Å². The van der Waals surface area contributed by atoms with E-state index in [1.807, 2.05) is 0 Å². The van der Waals surface area contributed by atoms with E-state index in [0.717, 1.165) is 23.0 Å². The van der Waals surface area contributed by atoms with Gasteiger partial charge in [-0.3, -0.25) is 9.59 Å². The molecule has 2 aliphatic heterocycles. The molecule has 0 aromatic rings. The molecule has 0 aromatic carbocycles. The number of hydrogen-bond donors (Lipinski definition) is 4. The first-order chi connectivity index (χ1) is 9.43. The first kappa shape index (κ1) is 26.8. The third-order valence-corrected chi connectivity index (χ3v) is 3.22. The third-order valence-electron chi connectivity index (χ3n) is 3.22. The van der Waals surface area contributed by atoms with Gasteiger partial charge >= 0.3 is 11.9 Å². The van der Waals surface area contributed by atoms with Crippen molar-refractivity contribution in [2.75, 3.05) is 13.1 Å². The van der Waals surface area contributed by atoms with E-state index in [2.05, 4.69) is 0 Å². The fourth-order valence-electron chi connectivity index (χ4n) is 2.05. The van der Waals surface area contributed by atoms with Crippen LogP contribution in [0, 0.1) is 0 Å². The molecular weight excluding hydrogens is 359 g/mol. The van der Waals surface area contributed by atoms with Gasteiger partial charge in [-0.2, -0.15) is 10.1 Å². The van der Waals surface area contributed by atoms with E-state index in [-0.39, 0.29) is 27.4 Å². The Morgan fingerprint density at radius 3 is 1.83 bits per heavy atom. The number of piperidine rings is 1. The normalized spacial score (nSPS) is 23.9. The molecule has 0 saturated carbocycles. The van der Waals surface area contributed by atoms with Crippen molar-refractivity contribution in [1.29, 1.82) is 0 Å². The number of hydroxylamine groups is 4. The zero-order chi connectivity index (χ0) is 15.1. The van der Waals surface area contributed by atoms with Crippen LogP contribution in [0.25, 0.3) is 0 Å². The summed E-state index contributed by atoms with van der Waals surface area (Å²) >= 11 is 0. The second-order valence-electron chi connectivity index (χ2n) is 4.70. The maximum absolute atomic E-state index is 10.4. The third kappa shape index (κ3) is 8.96. The van der Waals surface area contributed by atoms with Crippen molar-refractivity contribution in [3.63, 3.8) is 0 Å². The minimum Gasteiger partial charge on any atom is -0.480 e. The SMILES string of the molecule is O=C(O)C1CC=CCN1O.O=C(O)C1CCCCN1O.[Ni].[OH3+].[OH3+]. The van der Waals surface area contributed by atoms with Crippen LogP contribution in [-0.4, -0.2) is 67.9 Å². The summed E-state index contributed by atoms with van der Waals surface area (Å²) in [5.74, 6) is -1.91. The van der Waals surface area contributed by atoms with Crippen LogP contribution in [0.15, 0.2) is 12.2 Å². The monoisotopic (exact) mass is 384 g/mol. The van der Waals surface area contributed by atoms with E-state index in [1.54, 1.807) is 12.2 Å². The van der Waals surface area contributed by atoms with Crippen LogP contribution in [-0.2, 0) is 37.0 Å². The minimum atomic E-state index is -0.980. The first-order valence-electron chi connectivity index (χ1n) is 6.45. The fourth-order valence-corrected chi connectivity index (χ4v) is 2.05. The Kier molecular flexibility index (Phi) is 15.6. The van der Waals surface area contributed by atoms with E-state index in [1.165, 1.54) is 0 Å². The second kappa shape index (κ2) is 13.4. The summed E-state index contributed by atoms with van der Waals surface area (Å²) in [4.78, 5) is 20.7. The van der Waals surface area contributed by atoms with Crippen LogP contribution in [0.4, 0.5) is 0 Å². The topological polar surface area (TPSA) is 188 Å². The van der Waals surface area contributed by atoms with E-state index in [9.17, 15) is 9.59 Å². The van der Waals surface area contributed by atoms with Crippen molar-refractivity contribution in [3.05, 3.63) is 12.2 Å². The molecule has 0 radical (unpaired) electrons. The summed E-state index contributed by atoms with van der Waals surface area (Å²) in [6.45, 7) is 0.786. The Morgan fingerprint density at radius 1 is 0.913 bits per heavy atom. The maximum Gasteiger partial charge on any atom is 0.323 e. The van der Waals surface area contributed by atoms with Gasteiger partial charge in [0.2, 0.25) is 0 Å². The Labute approximate surface area is 143 Å². The summed E-state index contributed by atoms with van der Waals surface area (Å²) in [5.41, 5.74) is 0. The van der Waals surface area contributed by atoms with E-state index >= 15 is 0 Å². The number of hydrogen-bond acceptors (Lipinski definition) is 6. The molecule has 2 rings (SSSR count). The van der Waals surface area contributed by atoms with E-state index in [4.69, 9.17) is 20.6 Å². The van der Waals surface area contributed by atoms with Crippen LogP contribution in [0.3, 0.4) is 0 Å². The number of aliphatic carboxylic acids is 2. The Bertz CT molecular complexity index is 382. The summed E-state index contributed by atoms with van der Waals surface area (Å²) in [6, 6.07) is -1.43. The van der Waals surface area contributed by atoms with E-state index in [0.29, 0.717) is 25.9 Å². The van der Waals surface area contributed by atoms with Gasteiger partial charge in [-0.15, -0.1) is 0 Å². The average Bonchev–Trinajstić information content (AvgIpc) is 2.40. The van der Waals surface area contributed by atoms with Gasteiger partial charge in [0.05, 0.1) is 0 Å². The largest absolute Gasteiger partial charge is 0.480 e. The van der Waals surface area contributed by atoms with Crippen molar-refractivity contribution < 1.29 is 57.7 Å². The molecule has 140 valence electrons. The quantitative estimate of drug-likeness (QED) is 0.253. The summed E-state index contributed by atoms with van der Waals surface area (Å²) in [5, 5.41) is 36.6. The summed E-state index contributed by atoms with van der Waals surface area (Å²) in [6.07, 6.45) is 6.22. The van der Waals surface area contributed by atoms with Gasteiger partial charge < -0.3 is 31.6 Å². The number of nitrogens with zero attached hydrogens (tertiary/aromatic N) is 2. The van der Waals surface area contributed by atoms with Crippen molar-refractivity contribution in [2.24, 2.45) is 0 Å². The Hall–Kier alpha value is -1.07. The van der Waals surface area contributed by atoms with Gasteiger partial charge in [-0.05, 0) is 25.7 Å². The molecule has 0 spiro atoms. The van der Waals surface area contributed by atoms with Crippen LogP contribution in [0.1, 0.15) is 25.7 Å². The summed E-state index contributed by atoms with van der Waals surface area (Å²) in [7, 11) is 0. The first-order valence-corrected chi connectivity index (χ1v) is 6.45. The van der Waals surface area contributed by atoms with E-state index < -0.39 is 24.0 Å². The van der Waals surface area contributed by atoms with Gasteiger partial charge in [0.15, 0.2) is 0 Å². The molecule has 2 aliphatic rings. The maximum atomic E-state index is 10.4. The molecule has 11 heteroatoms. The molecule has 0 aromatic heterocycles. The molecular formula is C12H26N2NiO8+2. The molecule has 2 atom stereocenters. The molecule has 2 unspecified atom stereocenters. The molecule has 2 heterocycles. The molecule has 23 heavy (non-hydrogen) atoms. The summed E-state index contributed by atoms with van der Waals surface area (Å²) < 4.78 is 0. The number of carboxylic acids is 2. The van der Waals surface area contributed by atoms with Crippen molar-refractivity contribution in [2.45, 2.75) is 37.8 Å². The molecule has 0 bridgehead atoms. The molecule has 10 nitrogen and oxygen atoms in total.